The van der Waals surface area contributed by atoms with E-state index in [-0.39, 0.29) is 11.9 Å². The first-order valence-electron chi connectivity index (χ1n) is 5.44. The second-order valence-corrected chi connectivity index (χ2v) is 5.00. The molecule has 2 nitrogen and oxygen atoms in total. The fourth-order valence-electron chi connectivity index (χ4n) is 1.79. The fraction of sp³-hybridized carbons (Fsp3) is 0.143. The van der Waals surface area contributed by atoms with Crippen LogP contribution in [0.2, 0.25) is 5.02 Å². The van der Waals surface area contributed by atoms with Gasteiger partial charge in [0, 0.05) is 10.6 Å². The van der Waals surface area contributed by atoms with E-state index in [9.17, 15) is 5.11 Å². The summed E-state index contributed by atoms with van der Waals surface area (Å²) in [5.74, 6) is 0.237. The summed E-state index contributed by atoms with van der Waals surface area (Å²) in [5, 5.41) is 9.99. The monoisotopic (exact) mass is 374 g/mol. The van der Waals surface area contributed by atoms with Crippen LogP contribution in [0.3, 0.4) is 0 Å². The van der Waals surface area contributed by atoms with Crippen molar-refractivity contribution < 1.29 is 8.17 Å². The molecule has 18 heavy (non-hydrogen) atoms. The molecule has 2 aromatic rings. The van der Waals surface area contributed by atoms with Gasteiger partial charge in [-0.15, -0.1) is 0 Å². The first-order chi connectivity index (χ1) is 8.61. The molecule has 1 atom stereocenters. The summed E-state index contributed by atoms with van der Waals surface area (Å²) in [5.41, 5.74) is 3.01. The Hall–Kier alpha value is -0.780. The Kier molecular flexibility index (Phi) is 4.48. The topological polar surface area (TPSA) is 29.5 Å². The quantitative estimate of drug-likeness (QED) is 0.781. The van der Waals surface area contributed by atoms with Crippen LogP contribution >= 0.6 is 34.6 Å². The van der Waals surface area contributed by atoms with Crippen LogP contribution in [-0.2, 0) is 3.07 Å². The van der Waals surface area contributed by atoms with Crippen LogP contribution in [0.5, 0.6) is 5.75 Å². The predicted octanol–water partition coefficient (Wildman–Crippen LogP) is 4.81. The number of phenols is 1. The highest BCUT2D eigenvalue weighted by atomic mass is 127. The van der Waals surface area contributed by atoms with Crippen LogP contribution in [0.25, 0.3) is 0 Å². The molecule has 0 saturated heterocycles. The van der Waals surface area contributed by atoms with E-state index in [1.807, 2.05) is 60.3 Å². The fourth-order valence-corrected chi connectivity index (χ4v) is 2.58. The Bertz CT molecular complexity index is 540. The number of phenolic OH excluding ortho intramolecular Hbond substituents is 1. The summed E-state index contributed by atoms with van der Waals surface area (Å²) in [7, 11) is 0. The van der Waals surface area contributed by atoms with Crippen LogP contribution in [0.15, 0.2) is 42.5 Å². The Morgan fingerprint density at radius 2 is 1.83 bits per heavy atom. The first-order valence-corrected chi connectivity index (χ1v) is 6.70. The molecule has 0 saturated carbocycles. The third kappa shape index (κ3) is 2.96. The Balaban J connectivity index is 2.44. The van der Waals surface area contributed by atoms with E-state index in [2.05, 4.69) is 0 Å². The van der Waals surface area contributed by atoms with Crippen molar-refractivity contribution in [2.45, 2.75) is 13.0 Å². The molecule has 0 spiro atoms. The molecule has 0 aliphatic heterocycles. The maximum Gasteiger partial charge on any atom is 0.122 e. The van der Waals surface area contributed by atoms with Crippen molar-refractivity contribution >= 4 is 34.6 Å². The highest BCUT2D eigenvalue weighted by Crippen LogP contribution is 2.34. The van der Waals surface area contributed by atoms with Gasteiger partial charge in [-0.3, -0.25) is 0 Å². The summed E-state index contributed by atoms with van der Waals surface area (Å²) >= 11 is 8.09. The van der Waals surface area contributed by atoms with Crippen molar-refractivity contribution in [3.8, 4) is 5.75 Å². The van der Waals surface area contributed by atoms with Gasteiger partial charge in [0.05, 0.1) is 0 Å². The average Bonchev–Trinajstić information content (AvgIpc) is 2.37. The van der Waals surface area contributed by atoms with Crippen LogP contribution < -0.4 is 0 Å². The van der Waals surface area contributed by atoms with Gasteiger partial charge < -0.3 is 8.17 Å². The molecule has 0 amide bonds. The molecular weight excluding hydrogens is 363 g/mol. The zero-order valence-electron chi connectivity index (χ0n) is 9.73. The molecule has 2 rings (SSSR count). The second kappa shape index (κ2) is 5.91. The minimum Gasteiger partial charge on any atom is -0.508 e. The minimum absolute atomic E-state index is 0.237. The number of halogens is 2. The van der Waals surface area contributed by atoms with E-state index < -0.39 is 0 Å². The van der Waals surface area contributed by atoms with Gasteiger partial charge in [0.1, 0.15) is 34.9 Å². The van der Waals surface area contributed by atoms with E-state index in [1.54, 1.807) is 12.1 Å². The molecule has 0 fully saturated rings. The zero-order valence-corrected chi connectivity index (χ0v) is 12.6. The SMILES string of the molecule is Cc1ccc(Cl)c(C(OI)c2ccc(O)cc2)c1. The molecule has 0 bridgehead atoms. The summed E-state index contributed by atoms with van der Waals surface area (Å²) in [6.45, 7) is 2.01. The third-order valence-corrected chi connectivity index (χ3v) is 3.57. The molecule has 1 N–H and O–H groups in total. The third-order valence-electron chi connectivity index (χ3n) is 2.72. The van der Waals surface area contributed by atoms with Crippen molar-refractivity contribution in [3.05, 3.63) is 64.2 Å². The van der Waals surface area contributed by atoms with E-state index in [4.69, 9.17) is 14.7 Å². The van der Waals surface area contributed by atoms with Gasteiger partial charge in [0.15, 0.2) is 0 Å². The number of benzene rings is 2. The maximum atomic E-state index is 9.31. The average molecular weight is 375 g/mol. The van der Waals surface area contributed by atoms with Crippen LogP contribution in [0.1, 0.15) is 22.8 Å². The highest BCUT2D eigenvalue weighted by molar-refractivity contribution is 14.1. The summed E-state index contributed by atoms with van der Waals surface area (Å²) < 4.78 is 5.50. The van der Waals surface area contributed by atoms with Crippen molar-refractivity contribution in [1.82, 2.24) is 0 Å². The van der Waals surface area contributed by atoms with E-state index >= 15 is 0 Å². The molecule has 1 unspecified atom stereocenters. The Morgan fingerprint density at radius 1 is 1.17 bits per heavy atom. The number of aromatic hydroxyl groups is 1. The Labute approximate surface area is 125 Å². The maximum absolute atomic E-state index is 9.31. The summed E-state index contributed by atoms with van der Waals surface area (Å²) in [6, 6.07) is 12.8. The zero-order chi connectivity index (χ0) is 13.1. The first kappa shape index (κ1) is 13.6. The van der Waals surface area contributed by atoms with Gasteiger partial charge >= 0.3 is 0 Å². The van der Waals surface area contributed by atoms with Gasteiger partial charge in [-0.25, -0.2) is 0 Å². The Morgan fingerprint density at radius 3 is 2.44 bits per heavy atom. The largest absolute Gasteiger partial charge is 0.508 e. The smallest absolute Gasteiger partial charge is 0.122 e. The molecule has 94 valence electrons. The van der Waals surface area contributed by atoms with Crippen molar-refractivity contribution in [1.29, 1.82) is 0 Å². The van der Waals surface area contributed by atoms with Crippen LogP contribution in [-0.4, -0.2) is 5.11 Å². The molecule has 4 heteroatoms. The van der Waals surface area contributed by atoms with Crippen molar-refractivity contribution in [2.75, 3.05) is 0 Å². The van der Waals surface area contributed by atoms with E-state index in [1.165, 1.54) is 0 Å². The summed E-state index contributed by atoms with van der Waals surface area (Å²) in [4.78, 5) is 0. The van der Waals surface area contributed by atoms with Gasteiger partial charge in [0.2, 0.25) is 0 Å². The van der Waals surface area contributed by atoms with E-state index in [0.29, 0.717) is 5.02 Å². The van der Waals surface area contributed by atoms with Gasteiger partial charge in [-0.2, -0.15) is 0 Å². The lowest BCUT2D eigenvalue weighted by Gasteiger charge is -2.17. The predicted molar refractivity (Wildman–Crippen MR) is 81.2 cm³/mol. The highest BCUT2D eigenvalue weighted by Gasteiger charge is 2.17. The molecule has 0 aromatic heterocycles. The lowest BCUT2D eigenvalue weighted by molar-refractivity contribution is 0.343. The number of hydrogen-bond acceptors (Lipinski definition) is 2. The van der Waals surface area contributed by atoms with Gasteiger partial charge in [-0.1, -0.05) is 41.4 Å². The molecule has 0 aliphatic rings. The number of aryl methyl sites for hydroxylation is 1. The van der Waals surface area contributed by atoms with Crippen LogP contribution in [0.4, 0.5) is 0 Å². The normalized spacial score (nSPS) is 12.4. The molecule has 2 aromatic carbocycles. The molecule has 0 heterocycles. The molecular formula is C14H12ClIO2. The standard InChI is InChI=1S/C14H12ClIO2/c1-9-2-7-13(15)12(8-9)14(18-16)10-3-5-11(17)6-4-10/h2-8,14,17H,1H3. The second-order valence-electron chi connectivity index (χ2n) is 4.09. The minimum atomic E-state index is -0.237. The van der Waals surface area contributed by atoms with Crippen molar-refractivity contribution in [2.24, 2.45) is 0 Å². The van der Waals surface area contributed by atoms with Gasteiger partial charge in [-0.05, 0) is 30.7 Å². The van der Waals surface area contributed by atoms with Crippen LogP contribution in [0, 0.1) is 6.92 Å². The lowest BCUT2D eigenvalue weighted by atomic mass is 10.00. The summed E-state index contributed by atoms with van der Waals surface area (Å²) in [6.07, 6.45) is -0.237. The molecule has 0 radical (unpaired) electrons. The van der Waals surface area contributed by atoms with E-state index in [0.717, 1.165) is 16.7 Å². The number of hydrogen-bond donors (Lipinski definition) is 1. The number of rotatable bonds is 3. The van der Waals surface area contributed by atoms with Crippen molar-refractivity contribution in [3.63, 3.8) is 0 Å². The molecule has 0 aliphatic carbocycles. The lowest BCUT2D eigenvalue weighted by Crippen LogP contribution is -2.01. The van der Waals surface area contributed by atoms with Gasteiger partial charge in [0.25, 0.3) is 0 Å².